The fraction of sp³-hybridized carbons (Fsp3) is 0.290. The number of carboxylic acid groups (broad SMARTS) is 1. The Balaban J connectivity index is 1.36. The number of hydrogen-bond acceptors (Lipinski definition) is 5. The lowest BCUT2D eigenvalue weighted by Gasteiger charge is -2.23. The van der Waals surface area contributed by atoms with Gasteiger partial charge in [-0.05, 0) is 47.6 Å². The topological polar surface area (TPSA) is 62.7 Å². The summed E-state index contributed by atoms with van der Waals surface area (Å²) >= 11 is 1.70. The molecular weight excluding hydrogens is 480 g/mol. The zero-order valence-corrected chi connectivity index (χ0v) is 22.3. The summed E-state index contributed by atoms with van der Waals surface area (Å²) in [6.07, 6.45) is 1.78. The van der Waals surface area contributed by atoms with Gasteiger partial charge in [0.15, 0.2) is 5.13 Å². The molecule has 4 aromatic rings. The molecule has 0 bridgehead atoms. The second kappa shape index (κ2) is 13.1. The van der Waals surface area contributed by atoms with Crippen LogP contribution in [0.1, 0.15) is 43.4 Å². The lowest BCUT2D eigenvalue weighted by Crippen LogP contribution is -2.24. The summed E-state index contributed by atoms with van der Waals surface area (Å²) < 4.78 is 5.94. The number of anilines is 1. The maximum Gasteiger partial charge on any atom is 0.303 e. The molecule has 37 heavy (non-hydrogen) atoms. The van der Waals surface area contributed by atoms with E-state index < -0.39 is 5.97 Å². The van der Waals surface area contributed by atoms with Crippen LogP contribution in [0.2, 0.25) is 0 Å². The van der Waals surface area contributed by atoms with E-state index in [9.17, 15) is 4.79 Å². The predicted octanol–water partition coefficient (Wildman–Crippen LogP) is 7.46. The van der Waals surface area contributed by atoms with Crippen molar-refractivity contribution in [3.8, 4) is 17.0 Å². The number of aromatic nitrogens is 1. The number of ether oxygens (including phenoxy) is 1. The highest BCUT2D eigenvalue weighted by Gasteiger charge is 2.14. The van der Waals surface area contributed by atoms with Crippen molar-refractivity contribution in [2.75, 3.05) is 11.4 Å². The molecule has 1 aromatic heterocycles. The van der Waals surface area contributed by atoms with Crippen LogP contribution >= 0.6 is 11.3 Å². The second-order valence-corrected chi connectivity index (χ2v) is 10.5. The molecule has 5 nitrogen and oxygen atoms in total. The van der Waals surface area contributed by atoms with Crippen LogP contribution in [0, 0.1) is 5.92 Å². The molecule has 6 heteroatoms. The number of rotatable bonds is 13. The molecule has 0 saturated heterocycles. The number of hydrogen-bond donors (Lipinski definition) is 1. The van der Waals surface area contributed by atoms with Crippen molar-refractivity contribution in [2.45, 2.75) is 46.3 Å². The lowest BCUT2D eigenvalue weighted by atomic mass is 10.1. The molecule has 0 saturated carbocycles. The predicted molar refractivity (Wildman–Crippen MR) is 151 cm³/mol. The van der Waals surface area contributed by atoms with Crippen LogP contribution in [0.3, 0.4) is 0 Å². The van der Waals surface area contributed by atoms with Crippen LogP contribution in [-0.2, 0) is 24.4 Å². The van der Waals surface area contributed by atoms with Crippen LogP contribution in [0.25, 0.3) is 11.3 Å². The first-order valence-corrected chi connectivity index (χ1v) is 13.6. The van der Waals surface area contributed by atoms with Gasteiger partial charge in [0, 0.05) is 30.5 Å². The van der Waals surface area contributed by atoms with Crippen LogP contribution in [-0.4, -0.2) is 22.6 Å². The number of aryl methyl sites for hydroxylation is 1. The van der Waals surface area contributed by atoms with Gasteiger partial charge < -0.3 is 14.7 Å². The minimum Gasteiger partial charge on any atom is -0.489 e. The Hall–Kier alpha value is -3.64. The molecule has 0 amide bonds. The number of carboxylic acids is 1. The summed E-state index contributed by atoms with van der Waals surface area (Å²) in [5, 5.41) is 12.0. The first-order valence-electron chi connectivity index (χ1n) is 12.7. The van der Waals surface area contributed by atoms with E-state index in [0.717, 1.165) is 52.8 Å². The maximum absolute atomic E-state index is 10.7. The smallest absolute Gasteiger partial charge is 0.303 e. The van der Waals surface area contributed by atoms with Crippen molar-refractivity contribution in [3.63, 3.8) is 0 Å². The highest BCUT2D eigenvalue weighted by atomic mass is 32.1. The Kier molecular flexibility index (Phi) is 9.33. The summed E-state index contributed by atoms with van der Waals surface area (Å²) in [7, 11) is 0. The van der Waals surface area contributed by atoms with Crippen LogP contribution in [0.15, 0.2) is 84.2 Å². The number of benzene rings is 3. The SMILES string of the molecule is CC(C)CCN(Cc1ccc(COc2ccc(CCC(=O)O)cc2)cc1)c1nc(-c2ccccc2)cs1. The monoisotopic (exact) mass is 514 g/mol. The molecule has 0 unspecified atom stereocenters. The molecule has 192 valence electrons. The molecule has 0 fully saturated rings. The molecule has 0 aliphatic heterocycles. The van der Waals surface area contributed by atoms with Gasteiger partial charge in [-0.25, -0.2) is 4.98 Å². The van der Waals surface area contributed by atoms with Gasteiger partial charge >= 0.3 is 5.97 Å². The van der Waals surface area contributed by atoms with E-state index in [4.69, 9.17) is 14.8 Å². The molecule has 0 aliphatic rings. The van der Waals surface area contributed by atoms with Crippen molar-refractivity contribution in [1.82, 2.24) is 4.98 Å². The molecule has 0 atom stereocenters. The average Bonchev–Trinajstić information content (AvgIpc) is 3.41. The zero-order chi connectivity index (χ0) is 26.0. The molecule has 0 aliphatic carbocycles. The molecule has 3 aromatic carbocycles. The third-order valence-electron chi connectivity index (χ3n) is 6.16. The minimum atomic E-state index is -0.782. The lowest BCUT2D eigenvalue weighted by molar-refractivity contribution is -0.136. The molecule has 1 N–H and O–H groups in total. The first kappa shape index (κ1) is 26.4. The number of thiazole rings is 1. The molecule has 4 rings (SSSR count). The van der Waals surface area contributed by atoms with Crippen molar-refractivity contribution in [2.24, 2.45) is 5.92 Å². The van der Waals surface area contributed by atoms with E-state index >= 15 is 0 Å². The van der Waals surface area contributed by atoms with Crippen molar-refractivity contribution >= 4 is 22.4 Å². The second-order valence-electron chi connectivity index (χ2n) is 9.63. The third-order valence-corrected chi connectivity index (χ3v) is 7.06. The highest BCUT2D eigenvalue weighted by molar-refractivity contribution is 7.14. The Bertz CT molecular complexity index is 1250. The summed E-state index contributed by atoms with van der Waals surface area (Å²) in [4.78, 5) is 18.1. The van der Waals surface area contributed by atoms with Crippen LogP contribution in [0.4, 0.5) is 5.13 Å². The van der Waals surface area contributed by atoms with E-state index in [1.807, 2.05) is 42.5 Å². The maximum atomic E-state index is 10.7. The van der Waals surface area contributed by atoms with Crippen LogP contribution < -0.4 is 9.64 Å². The Morgan fingerprint density at radius 2 is 1.62 bits per heavy atom. The number of nitrogens with zero attached hydrogens (tertiary/aromatic N) is 2. The van der Waals surface area contributed by atoms with E-state index in [1.165, 1.54) is 5.56 Å². The van der Waals surface area contributed by atoms with Crippen LogP contribution in [0.5, 0.6) is 5.75 Å². The fourth-order valence-corrected chi connectivity index (χ4v) is 4.80. The Labute approximate surface area is 223 Å². The van der Waals surface area contributed by atoms with Gasteiger partial charge in [-0.15, -0.1) is 11.3 Å². The zero-order valence-electron chi connectivity index (χ0n) is 21.5. The van der Waals surface area contributed by atoms with E-state index in [1.54, 1.807) is 11.3 Å². The molecular formula is C31H34N2O3S. The molecule has 0 radical (unpaired) electrons. The van der Waals surface area contributed by atoms with Gasteiger partial charge in [0.25, 0.3) is 0 Å². The van der Waals surface area contributed by atoms with Crippen molar-refractivity contribution in [1.29, 1.82) is 0 Å². The van der Waals surface area contributed by atoms with Gasteiger partial charge in [0.05, 0.1) is 5.69 Å². The summed E-state index contributed by atoms with van der Waals surface area (Å²) in [5.74, 6) is 0.623. The molecule has 1 heterocycles. The minimum absolute atomic E-state index is 0.137. The fourth-order valence-electron chi connectivity index (χ4n) is 3.94. The van der Waals surface area contributed by atoms with Gasteiger partial charge in [0.2, 0.25) is 0 Å². The summed E-state index contributed by atoms with van der Waals surface area (Å²) in [5.41, 5.74) is 5.52. The standard InChI is InChI=1S/C31H34N2O3S/c1-23(2)18-19-33(31-32-29(22-37-31)27-6-4-3-5-7-27)20-25-8-10-26(11-9-25)21-36-28-15-12-24(13-16-28)14-17-30(34)35/h3-13,15-16,22-23H,14,17-21H2,1-2H3,(H,34,35). The van der Waals surface area contributed by atoms with Gasteiger partial charge in [-0.3, -0.25) is 4.79 Å². The highest BCUT2D eigenvalue weighted by Crippen LogP contribution is 2.29. The van der Waals surface area contributed by atoms with E-state index in [2.05, 4.69) is 60.5 Å². The van der Waals surface area contributed by atoms with Crippen molar-refractivity contribution in [3.05, 3.63) is 101 Å². The van der Waals surface area contributed by atoms with Gasteiger partial charge in [-0.1, -0.05) is 80.6 Å². The Morgan fingerprint density at radius 1 is 0.946 bits per heavy atom. The summed E-state index contributed by atoms with van der Waals surface area (Å²) in [6.45, 7) is 6.78. The number of carbonyl (C=O) groups is 1. The average molecular weight is 515 g/mol. The Morgan fingerprint density at radius 3 is 2.30 bits per heavy atom. The van der Waals surface area contributed by atoms with Gasteiger partial charge in [0.1, 0.15) is 12.4 Å². The largest absolute Gasteiger partial charge is 0.489 e. The summed E-state index contributed by atoms with van der Waals surface area (Å²) in [6, 6.07) is 26.6. The normalized spacial score (nSPS) is 11.0. The number of aliphatic carboxylic acids is 1. The van der Waals surface area contributed by atoms with E-state index in [0.29, 0.717) is 18.9 Å². The molecule has 0 spiro atoms. The quantitative estimate of drug-likeness (QED) is 0.201. The van der Waals surface area contributed by atoms with E-state index in [-0.39, 0.29) is 6.42 Å². The first-order chi connectivity index (χ1) is 18.0. The third kappa shape index (κ3) is 8.19. The van der Waals surface area contributed by atoms with Gasteiger partial charge in [-0.2, -0.15) is 0 Å². The van der Waals surface area contributed by atoms with Crippen molar-refractivity contribution < 1.29 is 14.6 Å².